The number of benzene rings is 3. The Morgan fingerprint density at radius 3 is 2.77 bits per heavy atom. The Morgan fingerprint density at radius 1 is 1.07 bits per heavy atom. The minimum absolute atomic E-state index is 0.0315. The largest absolute Gasteiger partial charge is 0.508 e. The fourth-order valence-electron chi connectivity index (χ4n) is 11.4. The average Bonchev–Trinajstić information content (AvgIpc) is 3.72. The number of aromatic hydroxyl groups is 2. The third-order valence-electron chi connectivity index (χ3n) is 13.9. The first-order chi connectivity index (χ1) is 29.2. The molecule has 0 radical (unpaired) electrons. The van der Waals surface area contributed by atoms with E-state index in [1.807, 2.05) is 12.1 Å². The number of ether oxygens (including phenoxy) is 4. The van der Waals surface area contributed by atoms with Crippen LogP contribution in [0.1, 0.15) is 110 Å². The number of phenols is 2. The van der Waals surface area contributed by atoms with Crippen molar-refractivity contribution in [3.8, 4) is 51.7 Å². The highest BCUT2D eigenvalue weighted by Gasteiger charge is 2.51. The van der Waals surface area contributed by atoms with Crippen molar-refractivity contribution in [2.24, 2.45) is 11.7 Å². The number of hydrogen-bond donors (Lipinski definition) is 6. The summed E-state index contributed by atoms with van der Waals surface area (Å²) in [6, 6.07) is 9.68. The molecular formula is C49H53N3O8. The van der Waals surface area contributed by atoms with Crippen LogP contribution in [0.2, 0.25) is 0 Å². The molecule has 4 bridgehead atoms. The van der Waals surface area contributed by atoms with E-state index in [4.69, 9.17) is 24.7 Å². The lowest BCUT2D eigenvalue weighted by Gasteiger charge is -2.39. The van der Waals surface area contributed by atoms with Gasteiger partial charge >= 0.3 is 5.97 Å². The number of aliphatic hydroxyl groups is 1. The van der Waals surface area contributed by atoms with E-state index in [-0.39, 0.29) is 41.7 Å². The maximum Gasteiger partial charge on any atom is 0.302 e. The summed E-state index contributed by atoms with van der Waals surface area (Å²) in [5, 5.41) is 39.9. The van der Waals surface area contributed by atoms with E-state index in [9.17, 15) is 20.1 Å². The van der Waals surface area contributed by atoms with Crippen molar-refractivity contribution in [3.63, 3.8) is 0 Å². The van der Waals surface area contributed by atoms with Gasteiger partial charge in [-0.2, -0.15) is 0 Å². The number of nitrogens with two attached hydrogens (primary N) is 1. The number of dihydropyridines is 1. The van der Waals surface area contributed by atoms with E-state index in [2.05, 4.69) is 52.8 Å². The predicted molar refractivity (Wildman–Crippen MR) is 227 cm³/mol. The van der Waals surface area contributed by atoms with Gasteiger partial charge in [0, 0.05) is 58.7 Å². The molecule has 3 aromatic rings. The number of phenolic OH excluding ortho intramolecular Hbond substituents is 2. The Kier molecular flexibility index (Phi) is 10.1. The SMILES string of the molecule is CC(=O)OC[C@H]1c2ccc3c4c2O[C@@H]1c1c(cc(O)c2c1C=C[C@@H](NC1CCCCC1)CO2)CC#CC1=C(C=CC(N)N1)C[C@H]1CC[C@]4(Cc2cc(O)cc(OCO)c2-3)C1. The standard InChI is InChI=1S/C49H53N3O8/c1-27(54)57-25-38-35-13-14-36-43-31(19-34(55)21-41(43)59-26-53)23-49-17-16-28(22-49)18-29-10-15-42(50)52-39(29)9-5-6-30-20-40(56)46-37(44(30)47(38)60-48(35)45(36)49)12-11-33(24-58-46)51-32-7-3-2-4-8-32/h10-15,19-21,28,32-33,38,42,47,51-53,55-56H,2-4,6-8,16-18,22-26,50H2,1H3/t28-,33-,38+,42?,47+,49-/m1/s1. The van der Waals surface area contributed by atoms with E-state index in [0.29, 0.717) is 42.9 Å². The molecule has 4 heterocycles. The van der Waals surface area contributed by atoms with E-state index in [1.54, 1.807) is 12.1 Å². The zero-order chi connectivity index (χ0) is 41.1. The highest BCUT2D eigenvalue weighted by Crippen LogP contribution is 2.63. The summed E-state index contributed by atoms with van der Waals surface area (Å²) in [6.07, 6.45) is 17.7. The number of esters is 1. The van der Waals surface area contributed by atoms with Crippen LogP contribution in [0.4, 0.5) is 0 Å². The van der Waals surface area contributed by atoms with Crippen LogP contribution in [0.25, 0.3) is 17.2 Å². The van der Waals surface area contributed by atoms with Gasteiger partial charge < -0.3 is 50.6 Å². The first-order valence-electron chi connectivity index (χ1n) is 21.6. The molecule has 7 aliphatic rings. The Bertz CT molecular complexity index is 2400. The molecule has 4 aliphatic heterocycles. The molecule has 10 rings (SSSR count). The second-order valence-corrected chi connectivity index (χ2v) is 17.8. The van der Waals surface area contributed by atoms with Gasteiger partial charge in [0.05, 0.1) is 23.8 Å². The van der Waals surface area contributed by atoms with Crippen LogP contribution in [-0.2, 0) is 27.8 Å². The number of aliphatic hydroxyl groups excluding tert-OH is 1. The maximum absolute atomic E-state index is 12.6. The molecule has 1 unspecified atom stereocenters. The van der Waals surface area contributed by atoms with Crippen molar-refractivity contribution in [1.29, 1.82) is 0 Å². The summed E-state index contributed by atoms with van der Waals surface area (Å²) in [5.41, 5.74) is 15.0. The highest BCUT2D eigenvalue weighted by atomic mass is 16.6. The molecule has 7 N–H and O–H groups in total. The number of rotatable bonds is 6. The quantitative estimate of drug-likeness (QED) is 0.0881. The third kappa shape index (κ3) is 6.88. The van der Waals surface area contributed by atoms with Crippen molar-refractivity contribution >= 4 is 12.0 Å². The molecule has 2 fully saturated rings. The summed E-state index contributed by atoms with van der Waals surface area (Å²) in [5.74, 6) is 8.08. The van der Waals surface area contributed by atoms with Gasteiger partial charge in [0.25, 0.3) is 0 Å². The molecule has 312 valence electrons. The smallest absolute Gasteiger partial charge is 0.302 e. The van der Waals surface area contributed by atoms with Crippen LogP contribution in [0.5, 0.6) is 28.7 Å². The van der Waals surface area contributed by atoms with Crippen molar-refractivity contribution in [2.75, 3.05) is 20.0 Å². The minimum Gasteiger partial charge on any atom is -0.508 e. The maximum atomic E-state index is 12.6. The van der Waals surface area contributed by atoms with Crippen LogP contribution in [0, 0.1) is 17.8 Å². The van der Waals surface area contributed by atoms with Crippen LogP contribution < -0.4 is 30.6 Å². The summed E-state index contributed by atoms with van der Waals surface area (Å²) >= 11 is 0. The van der Waals surface area contributed by atoms with Gasteiger partial charge in [-0.05, 0) is 97.3 Å². The van der Waals surface area contributed by atoms with Crippen LogP contribution in [0.3, 0.4) is 0 Å². The Morgan fingerprint density at radius 2 is 1.93 bits per heavy atom. The van der Waals surface area contributed by atoms with Gasteiger partial charge in [0.2, 0.25) is 0 Å². The molecule has 0 amide bonds. The van der Waals surface area contributed by atoms with Crippen molar-refractivity contribution < 1.29 is 39.1 Å². The molecule has 11 heteroatoms. The number of nitrogens with one attached hydrogen (secondary N) is 2. The predicted octanol–water partition coefficient (Wildman–Crippen LogP) is 6.81. The molecule has 6 atom stereocenters. The summed E-state index contributed by atoms with van der Waals surface area (Å²) < 4.78 is 25.7. The Labute approximate surface area is 350 Å². The summed E-state index contributed by atoms with van der Waals surface area (Å²) in [4.78, 5) is 12.6. The fourth-order valence-corrected chi connectivity index (χ4v) is 11.4. The molecule has 3 aromatic carbocycles. The lowest BCUT2D eigenvalue weighted by atomic mass is 9.65. The molecular weight excluding hydrogens is 759 g/mol. The topological polar surface area (TPSA) is 165 Å². The zero-order valence-corrected chi connectivity index (χ0v) is 34.0. The lowest BCUT2D eigenvalue weighted by Crippen LogP contribution is -2.41. The second-order valence-electron chi connectivity index (χ2n) is 17.8. The normalized spacial score (nSPS) is 27.2. The van der Waals surface area contributed by atoms with E-state index < -0.39 is 18.8 Å². The first kappa shape index (κ1) is 38.8. The number of allylic oxidation sites excluding steroid dienone is 3. The Hall–Kier alpha value is -5.41. The van der Waals surface area contributed by atoms with Gasteiger partial charge in [0.15, 0.2) is 18.3 Å². The van der Waals surface area contributed by atoms with Gasteiger partial charge in [-0.25, -0.2) is 0 Å². The number of hydrogen-bond acceptors (Lipinski definition) is 11. The monoisotopic (exact) mass is 811 g/mol. The van der Waals surface area contributed by atoms with Crippen molar-refractivity contribution in [2.45, 2.75) is 113 Å². The third-order valence-corrected chi connectivity index (χ3v) is 13.9. The minimum atomic E-state index is -0.638. The first-order valence-corrected chi connectivity index (χ1v) is 21.6. The van der Waals surface area contributed by atoms with E-state index >= 15 is 0 Å². The van der Waals surface area contributed by atoms with Gasteiger partial charge in [-0.1, -0.05) is 55.5 Å². The molecule has 2 saturated carbocycles. The molecule has 60 heavy (non-hydrogen) atoms. The second kappa shape index (κ2) is 15.6. The average molecular weight is 812 g/mol. The number of fused-ring (bicyclic) bond motifs is 8. The van der Waals surface area contributed by atoms with Gasteiger partial charge in [-0.3, -0.25) is 4.79 Å². The van der Waals surface area contributed by atoms with Crippen molar-refractivity contribution in [1.82, 2.24) is 10.6 Å². The summed E-state index contributed by atoms with van der Waals surface area (Å²) in [7, 11) is 0. The van der Waals surface area contributed by atoms with Crippen LogP contribution in [-0.4, -0.2) is 59.5 Å². The van der Waals surface area contributed by atoms with Crippen LogP contribution in [0.15, 0.2) is 59.8 Å². The molecule has 11 nitrogen and oxygen atoms in total. The lowest BCUT2D eigenvalue weighted by molar-refractivity contribution is -0.141. The Balaban J connectivity index is 1.19. The summed E-state index contributed by atoms with van der Waals surface area (Å²) in [6.45, 7) is 1.31. The van der Waals surface area contributed by atoms with E-state index in [1.165, 1.54) is 26.2 Å². The number of carbonyl (C=O) groups excluding carboxylic acids is 1. The van der Waals surface area contributed by atoms with Crippen LogP contribution >= 0.6 is 0 Å². The number of carbonyl (C=O) groups is 1. The highest BCUT2D eigenvalue weighted by molar-refractivity contribution is 5.84. The fraction of sp³-hybridized carbons (Fsp3) is 0.449. The molecule has 1 spiro atoms. The van der Waals surface area contributed by atoms with Gasteiger partial charge in [0.1, 0.15) is 36.6 Å². The molecule has 3 aliphatic carbocycles. The molecule has 0 aromatic heterocycles. The van der Waals surface area contributed by atoms with Gasteiger partial charge in [-0.15, -0.1) is 0 Å². The zero-order valence-electron chi connectivity index (χ0n) is 34.0. The van der Waals surface area contributed by atoms with E-state index in [0.717, 1.165) is 100 Å². The van der Waals surface area contributed by atoms with Crippen molar-refractivity contribution in [3.05, 3.63) is 93.2 Å². The molecule has 0 saturated heterocycles.